The first-order chi connectivity index (χ1) is 11.7. The normalized spacial score (nSPS) is 12.0. The van der Waals surface area contributed by atoms with E-state index in [1.807, 2.05) is 42.5 Å². The quantitative estimate of drug-likeness (QED) is 0.630. The summed E-state index contributed by atoms with van der Waals surface area (Å²) < 4.78 is 6.38. The fourth-order valence-electron chi connectivity index (χ4n) is 2.06. The second kappa shape index (κ2) is 8.14. The van der Waals surface area contributed by atoms with Gasteiger partial charge in [0.15, 0.2) is 4.34 Å². The number of rotatable bonds is 7. The number of hydrogen-bond donors (Lipinski definition) is 2. The molecule has 7 heteroatoms. The highest BCUT2D eigenvalue weighted by molar-refractivity contribution is 8.01. The van der Waals surface area contributed by atoms with Crippen LogP contribution >= 0.6 is 23.1 Å². The molecule has 0 saturated carbocycles. The Morgan fingerprint density at radius 3 is 2.42 bits per heavy atom. The van der Waals surface area contributed by atoms with Crippen molar-refractivity contribution < 1.29 is 9.84 Å². The second-order valence-corrected chi connectivity index (χ2v) is 7.35. The minimum Gasteiger partial charge on any atom is -0.491 e. The van der Waals surface area contributed by atoms with Crippen LogP contribution in [0.3, 0.4) is 0 Å². The van der Waals surface area contributed by atoms with Gasteiger partial charge in [-0.25, -0.2) is 0 Å². The molecule has 24 heavy (non-hydrogen) atoms. The number of aliphatic hydroxyl groups excluding tert-OH is 1. The Bertz CT molecular complexity index is 763. The molecule has 3 N–H and O–H groups in total. The monoisotopic (exact) mass is 359 g/mol. The standard InChI is InChI=1S/C17H17N3O2S2/c18-16-19-20-17(24-16)23-11-14(21)10-22-15-8-6-13(7-9-15)12-4-2-1-3-5-12/h1-9,14,21H,10-11H2,(H2,18,19)/t14-/m1/s1. The minimum absolute atomic E-state index is 0.228. The molecule has 0 aliphatic carbocycles. The van der Waals surface area contributed by atoms with Crippen LogP contribution in [0.15, 0.2) is 58.9 Å². The SMILES string of the molecule is Nc1nnc(SC[C@H](O)COc2ccc(-c3ccccc3)cc2)s1. The zero-order chi connectivity index (χ0) is 16.8. The molecule has 3 aromatic rings. The van der Waals surface area contributed by atoms with Crippen molar-refractivity contribution in [2.45, 2.75) is 10.4 Å². The number of benzene rings is 2. The Balaban J connectivity index is 1.47. The Labute approximate surface area is 148 Å². The molecule has 0 spiro atoms. The molecule has 0 aliphatic rings. The summed E-state index contributed by atoms with van der Waals surface area (Å²) in [4.78, 5) is 0. The lowest BCUT2D eigenvalue weighted by atomic mass is 10.1. The van der Waals surface area contributed by atoms with Crippen LogP contribution in [0.5, 0.6) is 5.75 Å². The van der Waals surface area contributed by atoms with Crippen molar-refractivity contribution in [3.63, 3.8) is 0 Å². The van der Waals surface area contributed by atoms with Gasteiger partial charge in [0, 0.05) is 5.75 Å². The summed E-state index contributed by atoms with van der Waals surface area (Å²) in [6.07, 6.45) is -0.589. The molecule has 124 valence electrons. The van der Waals surface area contributed by atoms with Gasteiger partial charge in [-0.05, 0) is 23.3 Å². The highest BCUT2D eigenvalue weighted by Gasteiger charge is 2.09. The second-order valence-electron chi connectivity index (χ2n) is 5.07. The molecule has 1 atom stereocenters. The number of anilines is 1. The fraction of sp³-hybridized carbons (Fsp3) is 0.176. The van der Waals surface area contributed by atoms with Gasteiger partial charge in [0.25, 0.3) is 0 Å². The fourth-order valence-corrected chi connectivity index (χ4v) is 3.63. The molecule has 0 amide bonds. The molecule has 1 heterocycles. The number of aliphatic hydroxyl groups is 1. The largest absolute Gasteiger partial charge is 0.491 e. The predicted octanol–water partition coefficient (Wildman–Crippen LogP) is 3.32. The highest BCUT2D eigenvalue weighted by Crippen LogP contribution is 2.25. The third-order valence-electron chi connectivity index (χ3n) is 3.23. The third-order valence-corrected chi connectivity index (χ3v) is 5.26. The van der Waals surface area contributed by atoms with Crippen LogP contribution in [-0.4, -0.2) is 33.8 Å². The summed E-state index contributed by atoms with van der Waals surface area (Å²) in [5, 5.41) is 18.1. The first-order valence-electron chi connectivity index (χ1n) is 7.39. The average Bonchev–Trinajstić information content (AvgIpc) is 3.05. The van der Waals surface area contributed by atoms with E-state index < -0.39 is 6.10 Å². The number of nitrogen functional groups attached to an aromatic ring is 1. The molecule has 1 aromatic heterocycles. The lowest BCUT2D eigenvalue weighted by Crippen LogP contribution is -2.20. The van der Waals surface area contributed by atoms with Crippen LogP contribution in [0.25, 0.3) is 11.1 Å². The van der Waals surface area contributed by atoms with Crippen LogP contribution in [0.4, 0.5) is 5.13 Å². The first-order valence-corrected chi connectivity index (χ1v) is 9.19. The van der Waals surface area contributed by atoms with E-state index in [1.165, 1.54) is 23.1 Å². The van der Waals surface area contributed by atoms with E-state index in [2.05, 4.69) is 22.3 Å². The average molecular weight is 359 g/mol. The minimum atomic E-state index is -0.589. The van der Waals surface area contributed by atoms with E-state index in [9.17, 15) is 5.11 Å². The van der Waals surface area contributed by atoms with Crippen molar-refractivity contribution in [2.24, 2.45) is 0 Å². The van der Waals surface area contributed by atoms with Crippen LogP contribution < -0.4 is 10.5 Å². The maximum Gasteiger partial charge on any atom is 0.203 e. The van der Waals surface area contributed by atoms with Gasteiger partial charge in [0.05, 0.1) is 6.10 Å². The number of nitrogens with zero attached hydrogens (tertiary/aromatic N) is 2. The number of thioether (sulfide) groups is 1. The van der Waals surface area contributed by atoms with Gasteiger partial charge in [-0.3, -0.25) is 0 Å². The summed E-state index contributed by atoms with van der Waals surface area (Å²) in [6.45, 7) is 0.228. The van der Waals surface area contributed by atoms with E-state index in [0.717, 1.165) is 21.2 Å². The van der Waals surface area contributed by atoms with Gasteiger partial charge < -0.3 is 15.6 Å². The van der Waals surface area contributed by atoms with Crippen molar-refractivity contribution in [3.05, 3.63) is 54.6 Å². The summed E-state index contributed by atoms with van der Waals surface area (Å²) in [5.41, 5.74) is 7.81. The van der Waals surface area contributed by atoms with Crippen molar-refractivity contribution >= 4 is 28.2 Å². The maximum atomic E-state index is 9.99. The van der Waals surface area contributed by atoms with Crippen molar-refractivity contribution in [3.8, 4) is 16.9 Å². The van der Waals surface area contributed by atoms with Gasteiger partial charge in [0.2, 0.25) is 5.13 Å². The van der Waals surface area contributed by atoms with E-state index in [-0.39, 0.29) is 6.61 Å². The summed E-state index contributed by atoms with van der Waals surface area (Å²) in [5.74, 6) is 1.22. The summed E-state index contributed by atoms with van der Waals surface area (Å²) in [6, 6.07) is 18.0. The van der Waals surface area contributed by atoms with Crippen molar-refractivity contribution in [2.75, 3.05) is 18.1 Å². The Hall–Kier alpha value is -2.09. The lowest BCUT2D eigenvalue weighted by molar-refractivity contribution is 0.126. The summed E-state index contributed by atoms with van der Waals surface area (Å²) >= 11 is 2.73. The molecule has 0 saturated heterocycles. The van der Waals surface area contributed by atoms with Gasteiger partial charge in [-0.1, -0.05) is 65.6 Å². The zero-order valence-corrected chi connectivity index (χ0v) is 14.5. The van der Waals surface area contributed by atoms with Crippen LogP contribution in [0.1, 0.15) is 0 Å². The van der Waals surface area contributed by atoms with E-state index in [1.54, 1.807) is 0 Å². The number of nitrogens with two attached hydrogens (primary N) is 1. The highest BCUT2D eigenvalue weighted by atomic mass is 32.2. The number of aromatic nitrogens is 2. The Morgan fingerprint density at radius 2 is 1.75 bits per heavy atom. The smallest absolute Gasteiger partial charge is 0.203 e. The molecule has 3 rings (SSSR count). The van der Waals surface area contributed by atoms with Crippen molar-refractivity contribution in [1.82, 2.24) is 10.2 Å². The topological polar surface area (TPSA) is 81.3 Å². The Kier molecular flexibility index (Phi) is 5.68. The third kappa shape index (κ3) is 4.70. The van der Waals surface area contributed by atoms with Crippen LogP contribution in [0.2, 0.25) is 0 Å². The van der Waals surface area contributed by atoms with Gasteiger partial charge in [-0.15, -0.1) is 10.2 Å². The summed E-state index contributed by atoms with van der Waals surface area (Å²) in [7, 11) is 0. The molecular formula is C17H17N3O2S2. The molecule has 0 unspecified atom stereocenters. The van der Waals surface area contributed by atoms with E-state index in [0.29, 0.717) is 10.9 Å². The molecular weight excluding hydrogens is 342 g/mol. The zero-order valence-electron chi connectivity index (χ0n) is 12.8. The first kappa shape index (κ1) is 16.8. The molecule has 0 radical (unpaired) electrons. The molecule has 0 fully saturated rings. The van der Waals surface area contributed by atoms with Gasteiger partial charge in [-0.2, -0.15) is 0 Å². The molecule has 2 aromatic carbocycles. The maximum absolute atomic E-state index is 9.99. The Morgan fingerprint density at radius 1 is 1.04 bits per heavy atom. The van der Waals surface area contributed by atoms with Gasteiger partial charge in [0.1, 0.15) is 12.4 Å². The lowest BCUT2D eigenvalue weighted by Gasteiger charge is -2.11. The number of hydrogen-bond acceptors (Lipinski definition) is 7. The number of ether oxygens (including phenoxy) is 1. The van der Waals surface area contributed by atoms with E-state index >= 15 is 0 Å². The van der Waals surface area contributed by atoms with Gasteiger partial charge >= 0.3 is 0 Å². The van der Waals surface area contributed by atoms with Crippen LogP contribution in [-0.2, 0) is 0 Å². The van der Waals surface area contributed by atoms with Crippen molar-refractivity contribution in [1.29, 1.82) is 0 Å². The molecule has 0 aliphatic heterocycles. The van der Waals surface area contributed by atoms with E-state index in [4.69, 9.17) is 10.5 Å². The molecule has 0 bridgehead atoms. The van der Waals surface area contributed by atoms with Crippen LogP contribution in [0, 0.1) is 0 Å². The molecule has 5 nitrogen and oxygen atoms in total. The predicted molar refractivity (Wildman–Crippen MR) is 98.4 cm³/mol.